The lowest BCUT2D eigenvalue weighted by molar-refractivity contribution is -0.145. The van der Waals surface area contributed by atoms with Gasteiger partial charge in [0.05, 0.1) is 43.4 Å². The molecule has 0 amide bonds. The Kier molecular flexibility index (Phi) is 8.16. The van der Waals surface area contributed by atoms with Crippen LogP contribution in [0.15, 0.2) is 75.0 Å². The van der Waals surface area contributed by atoms with E-state index >= 15 is 0 Å². The van der Waals surface area contributed by atoms with Crippen LogP contribution in [0.3, 0.4) is 0 Å². The Morgan fingerprint density at radius 2 is 1.85 bits per heavy atom. The molecule has 9 nitrogen and oxygen atoms in total. The third-order valence-corrected chi connectivity index (χ3v) is 7.30. The molecule has 2 heterocycles. The molecule has 0 spiro atoms. The number of methoxy groups -OCH3 is 1. The van der Waals surface area contributed by atoms with Gasteiger partial charge in [-0.05, 0) is 100 Å². The summed E-state index contributed by atoms with van der Waals surface area (Å²) in [5, 5.41) is 5.72. The van der Waals surface area contributed by atoms with Crippen LogP contribution in [-0.2, 0) is 9.53 Å². The van der Waals surface area contributed by atoms with Gasteiger partial charge in [-0.3, -0.25) is 4.79 Å². The van der Waals surface area contributed by atoms with Crippen molar-refractivity contribution >= 4 is 79.2 Å². The van der Waals surface area contributed by atoms with E-state index in [9.17, 15) is 9.59 Å². The summed E-state index contributed by atoms with van der Waals surface area (Å²) >= 11 is 4.26. The first-order valence-electron chi connectivity index (χ1n) is 11.8. The fourth-order valence-corrected chi connectivity index (χ4v) is 6.09. The number of aromatic nitrogens is 2. The Labute approximate surface area is 250 Å². The van der Waals surface area contributed by atoms with Crippen molar-refractivity contribution in [3.63, 3.8) is 0 Å². The van der Waals surface area contributed by atoms with Gasteiger partial charge in [-0.15, -0.1) is 0 Å². The van der Waals surface area contributed by atoms with E-state index in [0.29, 0.717) is 40.4 Å². The van der Waals surface area contributed by atoms with Crippen molar-refractivity contribution in [2.75, 3.05) is 20.3 Å². The molecule has 0 unspecified atom stereocenters. The number of esters is 1. The molecular formula is C28H21I2N3O6. The second kappa shape index (κ2) is 11.7. The number of benzene rings is 3. The van der Waals surface area contributed by atoms with E-state index in [1.165, 1.54) is 4.68 Å². The quantitative estimate of drug-likeness (QED) is 0.111. The first-order valence-corrected chi connectivity index (χ1v) is 14.0. The number of nitrogens with zero attached hydrogens (tertiary/aromatic N) is 3. The summed E-state index contributed by atoms with van der Waals surface area (Å²) in [5.74, 6) is 1.42. The van der Waals surface area contributed by atoms with E-state index in [1.54, 1.807) is 44.5 Å². The molecule has 0 fully saturated rings. The van der Waals surface area contributed by atoms with E-state index in [2.05, 4.69) is 50.3 Å². The minimum Gasteiger partial charge on any atom is -0.496 e. The highest BCUT2D eigenvalue weighted by Gasteiger charge is 2.18. The molecule has 0 radical (unpaired) electrons. The molecule has 0 saturated heterocycles. The number of furan rings is 1. The topological polar surface area (TPSA) is 105 Å². The highest BCUT2D eigenvalue weighted by atomic mass is 127. The molecule has 0 aliphatic heterocycles. The zero-order valence-corrected chi connectivity index (χ0v) is 25.1. The summed E-state index contributed by atoms with van der Waals surface area (Å²) in [7, 11) is 1.59. The van der Waals surface area contributed by atoms with Crippen LogP contribution in [0.1, 0.15) is 12.5 Å². The Morgan fingerprint density at radius 1 is 1.08 bits per heavy atom. The van der Waals surface area contributed by atoms with E-state index in [0.717, 1.165) is 18.1 Å². The van der Waals surface area contributed by atoms with Gasteiger partial charge in [0.25, 0.3) is 5.56 Å². The van der Waals surface area contributed by atoms with Crippen molar-refractivity contribution in [1.82, 2.24) is 9.66 Å². The van der Waals surface area contributed by atoms with Gasteiger partial charge in [0.2, 0.25) is 5.82 Å². The van der Waals surface area contributed by atoms with Gasteiger partial charge in [0.1, 0.15) is 17.1 Å². The molecule has 39 heavy (non-hydrogen) atoms. The van der Waals surface area contributed by atoms with Crippen molar-refractivity contribution in [2.24, 2.45) is 5.10 Å². The van der Waals surface area contributed by atoms with Crippen LogP contribution < -0.4 is 15.0 Å². The molecule has 0 bridgehead atoms. The highest BCUT2D eigenvalue weighted by Crippen LogP contribution is 2.33. The highest BCUT2D eigenvalue weighted by molar-refractivity contribution is 14.1. The summed E-state index contributed by atoms with van der Waals surface area (Å²) in [6.07, 6.45) is 1.57. The summed E-state index contributed by atoms with van der Waals surface area (Å²) in [6.45, 7) is 1.85. The summed E-state index contributed by atoms with van der Waals surface area (Å²) in [4.78, 5) is 30.0. The summed E-state index contributed by atoms with van der Waals surface area (Å²) in [5.41, 5.74) is 1.52. The first kappa shape index (κ1) is 27.1. The van der Waals surface area contributed by atoms with E-state index in [4.69, 9.17) is 23.6 Å². The lowest BCUT2D eigenvalue weighted by Crippen LogP contribution is -2.20. The summed E-state index contributed by atoms with van der Waals surface area (Å²) < 4.78 is 24.9. The molecule has 0 aliphatic rings. The van der Waals surface area contributed by atoms with Crippen molar-refractivity contribution in [1.29, 1.82) is 0 Å². The minimum absolute atomic E-state index is 0.183. The number of ether oxygens (including phenoxy) is 3. The Morgan fingerprint density at radius 3 is 2.59 bits per heavy atom. The molecular weight excluding hydrogens is 728 g/mol. The van der Waals surface area contributed by atoms with Crippen LogP contribution >= 0.6 is 45.2 Å². The maximum Gasteiger partial charge on any atom is 0.344 e. The molecule has 11 heteroatoms. The predicted octanol–water partition coefficient (Wildman–Crippen LogP) is 5.85. The lowest BCUT2D eigenvalue weighted by Gasteiger charge is -2.11. The largest absolute Gasteiger partial charge is 0.496 e. The number of hydrogen-bond donors (Lipinski definition) is 0. The Hall–Kier alpha value is -3.46. The van der Waals surface area contributed by atoms with Gasteiger partial charge in [-0.2, -0.15) is 9.78 Å². The second-order valence-corrected chi connectivity index (χ2v) is 10.5. The molecule has 0 saturated carbocycles. The molecule has 198 valence electrons. The van der Waals surface area contributed by atoms with Gasteiger partial charge < -0.3 is 18.6 Å². The Balaban J connectivity index is 1.57. The van der Waals surface area contributed by atoms with Gasteiger partial charge >= 0.3 is 5.97 Å². The van der Waals surface area contributed by atoms with Gasteiger partial charge in [0, 0.05) is 0 Å². The third kappa shape index (κ3) is 5.64. The zero-order chi connectivity index (χ0) is 27.5. The molecule has 2 aromatic heterocycles. The molecule has 0 atom stereocenters. The molecule has 5 aromatic rings. The molecule has 3 aromatic carbocycles. The third-order valence-electron chi connectivity index (χ3n) is 5.70. The number of fused-ring (bicyclic) bond motifs is 2. The fraction of sp³-hybridized carbons (Fsp3) is 0.143. The van der Waals surface area contributed by atoms with E-state index in [-0.39, 0.29) is 18.0 Å². The maximum absolute atomic E-state index is 13.5. The van der Waals surface area contributed by atoms with Crippen LogP contribution in [0.4, 0.5) is 0 Å². The average Bonchev–Trinajstić information content (AvgIpc) is 3.36. The predicted molar refractivity (Wildman–Crippen MR) is 165 cm³/mol. The SMILES string of the molecule is CCOC(=O)COc1c(I)cc(C=Nn2c(-c3cc4c(OC)cccc4o3)nc3ccccc3c2=O)cc1I. The smallest absolute Gasteiger partial charge is 0.344 e. The standard InChI is InChI=1S/C28H21I2N3O6/c1-3-37-25(34)15-38-26-19(29)11-16(12-20(26)30)14-31-33-27(32-21-8-5-4-7-17(21)28(33)35)24-13-18-22(36-2)9-6-10-23(18)39-24/h4-14H,3,15H2,1-2H3. The molecule has 0 aliphatic carbocycles. The van der Waals surface area contributed by atoms with Crippen molar-refractivity contribution in [2.45, 2.75) is 6.92 Å². The first-order chi connectivity index (χ1) is 18.9. The fourth-order valence-electron chi connectivity index (χ4n) is 3.96. The zero-order valence-electron chi connectivity index (χ0n) is 20.8. The average molecular weight is 749 g/mol. The van der Waals surface area contributed by atoms with Crippen molar-refractivity contribution in [3.05, 3.63) is 83.7 Å². The number of para-hydroxylation sites is 1. The van der Waals surface area contributed by atoms with Crippen molar-refractivity contribution < 1.29 is 23.4 Å². The number of carbonyl (C=O) groups excluding carboxylic acids is 1. The Bertz CT molecular complexity index is 1770. The summed E-state index contributed by atoms with van der Waals surface area (Å²) in [6, 6.07) is 18.1. The second-order valence-electron chi connectivity index (χ2n) is 8.20. The molecule has 0 N–H and O–H groups in total. The normalized spacial score (nSPS) is 11.4. The minimum atomic E-state index is -0.436. The van der Waals surface area contributed by atoms with Crippen molar-refractivity contribution in [3.8, 4) is 23.1 Å². The van der Waals surface area contributed by atoms with Crippen LogP contribution in [0, 0.1) is 7.14 Å². The molecule has 5 rings (SSSR count). The van der Waals surface area contributed by atoms with Gasteiger partial charge in [-0.25, -0.2) is 9.78 Å². The maximum atomic E-state index is 13.5. The van der Waals surface area contributed by atoms with Gasteiger partial charge in [-0.1, -0.05) is 18.2 Å². The van der Waals surface area contributed by atoms with Crippen LogP contribution in [-0.4, -0.2) is 42.2 Å². The van der Waals surface area contributed by atoms with E-state index < -0.39 is 5.97 Å². The number of rotatable bonds is 8. The van der Waals surface area contributed by atoms with Gasteiger partial charge in [0.15, 0.2) is 12.4 Å². The lowest BCUT2D eigenvalue weighted by atomic mass is 10.2. The number of halogens is 2. The van der Waals surface area contributed by atoms with E-state index in [1.807, 2.05) is 36.4 Å². The number of carbonyl (C=O) groups is 1. The van der Waals surface area contributed by atoms with Crippen LogP contribution in [0.25, 0.3) is 33.5 Å². The number of hydrogen-bond acceptors (Lipinski definition) is 8. The monoisotopic (exact) mass is 749 g/mol. The van der Waals surface area contributed by atoms with Crippen LogP contribution in [0.2, 0.25) is 0 Å². The van der Waals surface area contributed by atoms with Crippen LogP contribution in [0.5, 0.6) is 11.5 Å².